The van der Waals surface area contributed by atoms with Crippen molar-refractivity contribution in [1.29, 1.82) is 0 Å². The van der Waals surface area contributed by atoms with Crippen molar-refractivity contribution in [2.75, 3.05) is 16.8 Å². The van der Waals surface area contributed by atoms with E-state index in [0.717, 1.165) is 12.1 Å². The van der Waals surface area contributed by atoms with Crippen LogP contribution in [0.15, 0.2) is 67.1 Å². The van der Waals surface area contributed by atoms with Gasteiger partial charge >= 0.3 is 0 Å². The topological polar surface area (TPSA) is 120 Å². The van der Waals surface area contributed by atoms with E-state index in [-0.39, 0.29) is 22.6 Å². The number of nitrogens with two attached hydrogens (primary N) is 2. The molecule has 0 atom stereocenters. The number of pyridine rings is 3. The van der Waals surface area contributed by atoms with Gasteiger partial charge in [0.2, 0.25) is 0 Å². The van der Waals surface area contributed by atoms with E-state index in [1.165, 1.54) is 24.4 Å². The maximum Gasteiger partial charge on any atom is 0.276 e. The number of carbonyl (C=O) groups is 1. The Morgan fingerprint density at radius 2 is 1.74 bits per heavy atom. The van der Waals surface area contributed by atoms with E-state index in [9.17, 15) is 13.6 Å². The van der Waals surface area contributed by atoms with Crippen molar-refractivity contribution in [3.05, 3.63) is 84.4 Å². The standard InChI is InChI=1S/C22H16F2N6O/c23-14-2-1-3-15(24)20(14)17-5-4-16(25)21(29-17)22(31)30-18-11-27-8-7-13(18)12-6-9-28-19(26)10-12/h1-11H,25H2,(H2,26,28)(H,30,31). The van der Waals surface area contributed by atoms with Crippen molar-refractivity contribution >= 4 is 23.1 Å². The molecule has 7 nitrogen and oxygen atoms in total. The van der Waals surface area contributed by atoms with Crippen LogP contribution in [0.5, 0.6) is 0 Å². The highest BCUT2D eigenvalue weighted by atomic mass is 19.1. The summed E-state index contributed by atoms with van der Waals surface area (Å²) in [5, 5.41) is 2.70. The first-order valence-corrected chi connectivity index (χ1v) is 9.12. The van der Waals surface area contributed by atoms with Gasteiger partial charge < -0.3 is 16.8 Å². The van der Waals surface area contributed by atoms with Crippen molar-refractivity contribution in [3.63, 3.8) is 0 Å². The molecule has 0 fully saturated rings. The molecule has 154 valence electrons. The molecule has 0 aliphatic rings. The number of anilines is 3. The maximum absolute atomic E-state index is 14.2. The lowest BCUT2D eigenvalue weighted by molar-refractivity contribution is 0.102. The van der Waals surface area contributed by atoms with Gasteiger partial charge in [0.15, 0.2) is 5.69 Å². The third-order valence-corrected chi connectivity index (χ3v) is 4.52. The summed E-state index contributed by atoms with van der Waals surface area (Å²) in [6, 6.07) is 11.3. The Morgan fingerprint density at radius 1 is 0.968 bits per heavy atom. The minimum Gasteiger partial charge on any atom is -0.397 e. The molecule has 31 heavy (non-hydrogen) atoms. The number of hydrogen-bond acceptors (Lipinski definition) is 6. The van der Waals surface area contributed by atoms with Crippen molar-refractivity contribution in [3.8, 4) is 22.4 Å². The van der Waals surface area contributed by atoms with Gasteiger partial charge in [-0.2, -0.15) is 0 Å². The van der Waals surface area contributed by atoms with Crippen LogP contribution in [-0.4, -0.2) is 20.9 Å². The van der Waals surface area contributed by atoms with Crippen molar-refractivity contribution in [2.45, 2.75) is 0 Å². The molecule has 4 rings (SSSR count). The molecular formula is C22H16F2N6O. The molecule has 0 saturated heterocycles. The van der Waals surface area contributed by atoms with Gasteiger partial charge in [0.1, 0.15) is 17.5 Å². The molecule has 1 amide bonds. The van der Waals surface area contributed by atoms with Gasteiger partial charge in [-0.3, -0.25) is 9.78 Å². The zero-order chi connectivity index (χ0) is 22.0. The number of carbonyl (C=O) groups excluding carboxylic acids is 1. The first kappa shape index (κ1) is 19.9. The monoisotopic (exact) mass is 418 g/mol. The third-order valence-electron chi connectivity index (χ3n) is 4.52. The predicted octanol–water partition coefficient (Wildman–Crippen LogP) is 3.90. The van der Waals surface area contributed by atoms with Crippen LogP contribution in [-0.2, 0) is 0 Å². The van der Waals surface area contributed by atoms with Crippen LogP contribution >= 0.6 is 0 Å². The van der Waals surface area contributed by atoms with E-state index in [0.29, 0.717) is 22.6 Å². The van der Waals surface area contributed by atoms with E-state index in [1.807, 2.05) is 0 Å². The minimum absolute atomic E-state index is 0.0524. The highest BCUT2D eigenvalue weighted by Gasteiger charge is 2.19. The molecule has 9 heteroatoms. The summed E-state index contributed by atoms with van der Waals surface area (Å²) < 4.78 is 28.3. The Bertz CT molecular complexity index is 1270. The summed E-state index contributed by atoms with van der Waals surface area (Å²) in [7, 11) is 0. The molecule has 0 radical (unpaired) electrons. The number of amides is 1. The van der Waals surface area contributed by atoms with Crippen molar-refractivity contribution < 1.29 is 13.6 Å². The second-order valence-corrected chi connectivity index (χ2v) is 6.58. The normalized spacial score (nSPS) is 10.6. The number of nitrogen functional groups attached to an aromatic ring is 2. The fourth-order valence-corrected chi connectivity index (χ4v) is 3.08. The highest BCUT2D eigenvalue weighted by Crippen LogP contribution is 2.29. The van der Waals surface area contributed by atoms with E-state index < -0.39 is 17.5 Å². The largest absolute Gasteiger partial charge is 0.397 e. The number of nitrogens with one attached hydrogen (secondary N) is 1. The Balaban J connectivity index is 1.71. The molecule has 0 unspecified atom stereocenters. The van der Waals surface area contributed by atoms with E-state index >= 15 is 0 Å². The van der Waals surface area contributed by atoms with Gasteiger partial charge in [0.05, 0.1) is 28.8 Å². The summed E-state index contributed by atoms with van der Waals surface area (Å²) in [4.78, 5) is 25.0. The number of halogens is 2. The number of nitrogens with zero attached hydrogens (tertiary/aromatic N) is 3. The molecule has 3 aromatic heterocycles. The molecule has 1 aromatic carbocycles. The van der Waals surface area contributed by atoms with Crippen LogP contribution in [0.3, 0.4) is 0 Å². The van der Waals surface area contributed by atoms with Gasteiger partial charge in [-0.05, 0) is 48.0 Å². The molecule has 3 heterocycles. The SMILES string of the molecule is Nc1cc(-c2ccncc2NC(=O)c2nc(-c3c(F)cccc3F)ccc2N)ccn1. The van der Waals surface area contributed by atoms with E-state index in [4.69, 9.17) is 11.5 Å². The van der Waals surface area contributed by atoms with Crippen LogP contribution in [0.2, 0.25) is 0 Å². The smallest absolute Gasteiger partial charge is 0.276 e. The van der Waals surface area contributed by atoms with Gasteiger partial charge in [-0.15, -0.1) is 0 Å². The maximum atomic E-state index is 14.2. The van der Waals surface area contributed by atoms with Crippen LogP contribution < -0.4 is 16.8 Å². The second-order valence-electron chi connectivity index (χ2n) is 6.58. The van der Waals surface area contributed by atoms with Gasteiger partial charge in [0, 0.05) is 18.0 Å². The summed E-state index contributed by atoms with van der Waals surface area (Å²) in [6.45, 7) is 0. The van der Waals surface area contributed by atoms with Gasteiger partial charge in [-0.1, -0.05) is 6.07 Å². The fraction of sp³-hybridized carbons (Fsp3) is 0. The van der Waals surface area contributed by atoms with Crippen molar-refractivity contribution in [2.24, 2.45) is 0 Å². The van der Waals surface area contributed by atoms with Crippen LogP contribution in [0.25, 0.3) is 22.4 Å². The van der Waals surface area contributed by atoms with E-state index in [2.05, 4.69) is 20.3 Å². The lowest BCUT2D eigenvalue weighted by Gasteiger charge is -2.13. The van der Waals surface area contributed by atoms with Crippen LogP contribution in [0, 0.1) is 11.6 Å². The molecule has 0 spiro atoms. The Kier molecular flexibility index (Phi) is 5.23. The zero-order valence-corrected chi connectivity index (χ0v) is 16.0. The molecular weight excluding hydrogens is 402 g/mol. The predicted molar refractivity (Wildman–Crippen MR) is 114 cm³/mol. The summed E-state index contributed by atoms with van der Waals surface area (Å²) in [5.74, 6) is -1.94. The highest BCUT2D eigenvalue weighted by molar-refractivity contribution is 6.08. The summed E-state index contributed by atoms with van der Waals surface area (Å²) in [5.41, 5.74) is 12.9. The fourth-order valence-electron chi connectivity index (χ4n) is 3.08. The van der Waals surface area contributed by atoms with Gasteiger partial charge in [0.25, 0.3) is 5.91 Å². The second kappa shape index (κ2) is 8.15. The average Bonchev–Trinajstić information content (AvgIpc) is 2.75. The average molecular weight is 418 g/mol. The molecule has 0 saturated carbocycles. The van der Waals surface area contributed by atoms with Crippen LogP contribution in [0.4, 0.5) is 26.0 Å². The molecule has 0 aliphatic carbocycles. The first-order chi connectivity index (χ1) is 14.9. The number of rotatable bonds is 4. The number of hydrogen-bond donors (Lipinski definition) is 3. The first-order valence-electron chi connectivity index (χ1n) is 9.12. The Morgan fingerprint density at radius 3 is 2.48 bits per heavy atom. The summed E-state index contributed by atoms with van der Waals surface area (Å²) in [6.07, 6.45) is 4.57. The van der Waals surface area contributed by atoms with Gasteiger partial charge in [-0.25, -0.2) is 18.7 Å². The molecule has 5 N–H and O–H groups in total. The molecule has 4 aromatic rings. The number of aromatic nitrogens is 3. The Labute approximate surface area is 175 Å². The lowest BCUT2D eigenvalue weighted by Crippen LogP contribution is -2.17. The number of benzene rings is 1. The third kappa shape index (κ3) is 4.01. The molecule has 0 bridgehead atoms. The summed E-state index contributed by atoms with van der Waals surface area (Å²) >= 11 is 0. The molecule has 0 aliphatic heterocycles. The lowest BCUT2D eigenvalue weighted by atomic mass is 10.1. The quantitative estimate of drug-likeness (QED) is 0.462. The zero-order valence-electron chi connectivity index (χ0n) is 16.0. The van der Waals surface area contributed by atoms with Crippen molar-refractivity contribution in [1.82, 2.24) is 15.0 Å². The van der Waals surface area contributed by atoms with Crippen LogP contribution in [0.1, 0.15) is 10.5 Å². The Hall–Kier alpha value is -4.40. The van der Waals surface area contributed by atoms with E-state index in [1.54, 1.807) is 30.6 Å². The minimum atomic E-state index is -0.798.